The van der Waals surface area contributed by atoms with Crippen LogP contribution in [0.2, 0.25) is 0 Å². The predicted molar refractivity (Wildman–Crippen MR) is 79.7 cm³/mol. The van der Waals surface area contributed by atoms with Gasteiger partial charge in [-0.25, -0.2) is 18.4 Å². The van der Waals surface area contributed by atoms with E-state index in [-0.39, 0.29) is 12.6 Å². The number of carbonyl (C=O) groups is 1. The number of sulfonamides is 1. The second-order valence-electron chi connectivity index (χ2n) is 4.96. The van der Waals surface area contributed by atoms with Gasteiger partial charge in [0.2, 0.25) is 10.0 Å². The molecule has 1 fully saturated rings. The number of carbonyl (C=O) groups excluding carboxylic acids is 1. The molecule has 2 rings (SSSR count). The number of primary sulfonamides is 1. The van der Waals surface area contributed by atoms with Crippen molar-refractivity contribution in [2.24, 2.45) is 5.14 Å². The molecule has 0 bridgehead atoms. The first-order valence-corrected chi connectivity index (χ1v) is 8.22. The van der Waals surface area contributed by atoms with Gasteiger partial charge in [-0.3, -0.25) is 0 Å². The molecule has 21 heavy (non-hydrogen) atoms. The van der Waals surface area contributed by atoms with Crippen molar-refractivity contribution in [3.8, 4) is 5.75 Å². The summed E-state index contributed by atoms with van der Waals surface area (Å²) in [5, 5.41) is 7.20. The van der Waals surface area contributed by atoms with Gasteiger partial charge in [-0.2, -0.15) is 0 Å². The number of hydrogen-bond donors (Lipinski definition) is 2. The lowest BCUT2D eigenvalue weighted by Crippen LogP contribution is -2.48. The Kier molecular flexibility index (Phi) is 4.69. The van der Waals surface area contributed by atoms with Crippen LogP contribution in [0.3, 0.4) is 0 Å². The summed E-state index contributed by atoms with van der Waals surface area (Å²) in [6.07, 6.45) is 1.11. The van der Waals surface area contributed by atoms with Gasteiger partial charge in [0.15, 0.2) is 0 Å². The maximum atomic E-state index is 12.1. The molecule has 0 saturated carbocycles. The standard InChI is InChI=1S/C13H19N3O4S/c1-20-11-6-4-10(5-7-11)15-13(17)16-8-2-3-12(9-16)21(14,18)19/h4-7,12H,2-3,8-9H2,1H3,(H,15,17)(H2,14,18,19). The van der Waals surface area contributed by atoms with Crippen molar-refractivity contribution in [1.29, 1.82) is 0 Å². The van der Waals surface area contributed by atoms with Gasteiger partial charge in [-0.05, 0) is 37.1 Å². The Bertz CT molecular complexity index is 600. The van der Waals surface area contributed by atoms with E-state index >= 15 is 0 Å². The number of anilines is 1. The molecule has 116 valence electrons. The fourth-order valence-electron chi connectivity index (χ4n) is 2.27. The summed E-state index contributed by atoms with van der Waals surface area (Å²) in [6, 6.07) is 6.58. The smallest absolute Gasteiger partial charge is 0.321 e. The van der Waals surface area contributed by atoms with Gasteiger partial charge in [0.1, 0.15) is 5.75 Å². The number of rotatable bonds is 3. The van der Waals surface area contributed by atoms with Crippen LogP contribution in [0, 0.1) is 0 Å². The minimum Gasteiger partial charge on any atom is -0.497 e. The number of amides is 2. The quantitative estimate of drug-likeness (QED) is 0.868. The molecule has 1 heterocycles. The predicted octanol–water partition coefficient (Wildman–Crippen LogP) is 0.980. The number of nitrogens with one attached hydrogen (secondary N) is 1. The van der Waals surface area contributed by atoms with Crippen molar-refractivity contribution >= 4 is 21.7 Å². The highest BCUT2D eigenvalue weighted by Gasteiger charge is 2.30. The molecule has 0 aromatic heterocycles. The second-order valence-corrected chi connectivity index (χ2v) is 6.80. The highest BCUT2D eigenvalue weighted by Crippen LogP contribution is 2.18. The van der Waals surface area contributed by atoms with Crippen molar-refractivity contribution in [2.45, 2.75) is 18.1 Å². The summed E-state index contributed by atoms with van der Waals surface area (Å²) in [5.74, 6) is 0.695. The number of hydrogen-bond acceptors (Lipinski definition) is 4. The minimum absolute atomic E-state index is 0.126. The molecule has 0 aliphatic carbocycles. The molecule has 0 spiro atoms. The zero-order valence-corrected chi connectivity index (χ0v) is 12.6. The highest BCUT2D eigenvalue weighted by atomic mass is 32.2. The van der Waals surface area contributed by atoms with E-state index in [0.29, 0.717) is 30.8 Å². The van der Waals surface area contributed by atoms with Crippen molar-refractivity contribution in [3.05, 3.63) is 24.3 Å². The number of ether oxygens (including phenoxy) is 1. The fraction of sp³-hybridized carbons (Fsp3) is 0.462. The zero-order chi connectivity index (χ0) is 15.5. The lowest BCUT2D eigenvalue weighted by atomic mass is 10.1. The van der Waals surface area contributed by atoms with Crippen molar-refractivity contribution < 1.29 is 17.9 Å². The van der Waals surface area contributed by atoms with Crippen LogP contribution in [0.15, 0.2) is 24.3 Å². The number of urea groups is 1. The summed E-state index contributed by atoms with van der Waals surface area (Å²) in [4.78, 5) is 13.6. The third-order valence-corrected chi connectivity index (χ3v) is 4.79. The molecule has 1 aromatic carbocycles. The molecule has 1 saturated heterocycles. The van der Waals surface area contributed by atoms with E-state index in [1.54, 1.807) is 31.4 Å². The first-order valence-electron chi connectivity index (χ1n) is 6.62. The fourth-order valence-corrected chi connectivity index (χ4v) is 3.15. The number of benzene rings is 1. The van der Waals surface area contributed by atoms with Crippen LogP contribution in [-0.2, 0) is 10.0 Å². The van der Waals surface area contributed by atoms with E-state index in [4.69, 9.17) is 9.88 Å². The van der Waals surface area contributed by atoms with Crippen LogP contribution in [0.5, 0.6) is 5.75 Å². The Morgan fingerprint density at radius 1 is 1.38 bits per heavy atom. The van der Waals surface area contributed by atoms with Crippen LogP contribution in [0.25, 0.3) is 0 Å². The highest BCUT2D eigenvalue weighted by molar-refractivity contribution is 7.89. The molecule has 1 aromatic rings. The Morgan fingerprint density at radius 3 is 2.62 bits per heavy atom. The van der Waals surface area contributed by atoms with Gasteiger partial charge in [-0.15, -0.1) is 0 Å². The van der Waals surface area contributed by atoms with Crippen LogP contribution in [0.4, 0.5) is 10.5 Å². The van der Waals surface area contributed by atoms with Crippen LogP contribution in [-0.4, -0.2) is 44.8 Å². The summed E-state index contributed by atoms with van der Waals surface area (Å²) >= 11 is 0. The van der Waals surface area contributed by atoms with E-state index in [1.165, 1.54) is 4.90 Å². The normalized spacial score (nSPS) is 19.1. The van der Waals surface area contributed by atoms with Gasteiger partial charge in [0.05, 0.1) is 12.4 Å². The monoisotopic (exact) mass is 313 g/mol. The first kappa shape index (κ1) is 15.6. The lowest BCUT2D eigenvalue weighted by Gasteiger charge is -2.31. The molecule has 2 amide bonds. The molecular weight excluding hydrogens is 294 g/mol. The maximum Gasteiger partial charge on any atom is 0.321 e. The van der Waals surface area contributed by atoms with Gasteiger partial charge in [-0.1, -0.05) is 0 Å². The first-order chi connectivity index (χ1) is 9.90. The Labute approximate surface area is 124 Å². The number of nitrogens with zero attached hydrogens (tertiary/aromatic N) is 1. The average molecular weight is 313 g/mol. The van der Waals surface area contributed by atoms with Crippen LogP contribution >= 0.6 is 0 Å². The summed E-state index contributed by atoms with van der Waals surface area (Å²) < 4.78 is 27.8. The number of likely N-dealkylation sites (tertiary alicyclic amines) is 1. The van der Waals surface area contributed by atoms with E-state index in [9.17, 15) is 13.2 Å². The zero-order valence-electron chi connectivity index (χ0n) is 11.8. The molecule has 7 nitrogen and oxygen atoms in total. The average Bonchev–Trinajstić information content (AvgIpc) is 2.47. The summed E-state index contributed by atoms with van der Waals surface area (Å²) in [6.45, 7) is 0.648. The van der Waals surface area contributed by atoms with Crippen LogP contribution in [0.1, 0.15) is 12.8 Å². The Morgan fingerprint density at radius 2 is 2.05 bits per heavy atom. The van der Waals surface area contributed by atoms with Crippen molar-refractivity contribution in [1.82, 2.24) is 4.90 Å². The Balaban J connectivity index is 1.99. The van der Waals surface area contributed by atoms with E-state index < -0.39 is 15.3 Å². The van der Waals surface area contributed by atoms with Gasteiger partial charge in [0, 0.05) is 18.8 Å². The number of piperidine rings is 1. The van der Waals surface area contributed by atoms with Crippen LogP contribution < -0.4 is 15.2 Å². The lowest BCUT2D eigenvalue weighted by molar-refractivity contribution is 0.200. The summed E-state index contributed by atoms with van der Waals surface area (Å²) in [5.41, 5.74) is 0.624. The molecule has 8 heteroatoms. The van der Waals surface area contributed by atoms with Gasteiger partial charge < -0.3 is 15.0 Å². The molecule has 0 radical (unpaired) electrons. The largest absolute Gasteiger partial charge is 0.497 e. The van der Waals surface area contributed by atoms with Crippen molar-refractivity contribution in [3.63, 3.8) is 0 Å². The third-order valence-electron chi connectivity index (χ3n) is 3.47. The Hall–Kier alpha value is -1.80. The van der Waals surface area contributed by atoms with E-state index in [2.05, 4.69) is 5.32 Å². The number of nitrogens with two attached hydrogens (primary N) is 1. The topological polar surface area (TPSA) is 102 Å². The number of methoxy groups -OCH3 is 1. The van der Waals surface area contributed by atoms with E-state index in [1.807, 2.05) is 0 Å². The van der Waals surface area contributed by atoms with Crippen molar-refractivity contribution in [2.75, 3.05) is 25.5 Å². The van der Waals surface area contributed by atoms with Gasteiger partial charge >= 0.3 is 6.03 Å². The molecule has 1 atom stereocenters. The minimum atomic E-state index is -3.61. The maximum absolute atomic E-state index is 12.1. The summed E-state index contributed by atoms with van der Waals surface area (Å²) in [7, 11) is -2.05. The molecule has 1 aliphatic heterocycles. The molecule has 1 aliphatic rings. The SMILES string of the molecule is COc1ccc(NC(=O)N2CCCC(S(N)(=O)=O)C2)cc1. The molecule has 3 N–H and O–H groups in total. The van der Waals surface area contributed by atoms with Gasteiger partial charge in [0.25, 0.3) is 0 Å². The molecular formula is C13H19N3O4S. The van der Waals surface area contributed by atoms with E-state index in [0.717, 1.165) is 0 Å². The molecule has 1 unspecified atom stereocenters. The second kappa shape index (κ2) is 6.31. The third kappa shape index (κ3) is 4.08.